The lowest BCUT2D eigenvalue weighted by atomic mass is 9.95. The van der Waals surface area contributed by atoms with Crippen molar-refractivity contribution < 1.29 is 5.11 Å². The van der Waals surface area contributed by atoms with Gasteiger partial charge in [-0.15, -0.1) is 0 Å². The van der Waals surface area contributed by atoms with Gasteiger partial charge >= 0.3 is 0 Å². The maximum Gasteiger partial charge on any atom is 0.234 e. The highest BCUT2D eigenvalue weighted by Gasteiger charge is 2.19. The zero-order valence-corrected chi connectivity index (χ0v) is 15.4. The fourth-order valence-electron chi connectivity index (χ4n) is 2.65. The van der Waals surface area contributed by atoms with Crippen LogP contribution in [0.4, 0.5) is 5.82 Å². The van der Waals surface area contributed by atoms with Crippen LogP contribution in [0, 0.1) is 16.7 Å². The number of anilines is 1. The van der Waals surface area contributed by atoms with Gasteiger partial charge in [0.2, 0.25) is 5.82 Å². The Morgan fingerprint density at radius 1 is 1.20 bits per heavy atom. The lowest BCUT2D eigenvalue weighted by molar-refractivity contribution is 0.273. The van der Waals surface area contributed by atoms with Crippen molar-refractivity contribution in [3.05, 3.63) is 53.5 Å². The molecule has 1 heterocycles. The monoisotopic (exact) mass is 338 g/mol. The molecule has 1 unspecified atom stereocenters. The molecule has 25 heavy (non-hydrogen) atoms. The number of nitriles is 1. The van der Waals surface area contributed by atoms with Gasteiger partial charge in [-0.2, -0.15) is 5.26 Å². The quantitative estimate of drug-likeness (QED) is 0.873. The Bertz CT molecular complexity index is 729. The number of aromatic nitrogens is 2. The summed E-state index contributed by atoms with van der Waals surface area (Å²) in [5.74, 6) is 1.08. The lowest BCUT2D eigenvalue weighted by Gasteiger charge is -2.31. The zero-order chi connectivity index (χ0) is 18.4. The summed E-state index contributed by atoms with van der Waals surface area (Å²) >= 11 is 0. The van der Waals surface area contributed by atoms with E-state index in [4.69, 9.17) is 5.26 Å². The third kappa shape index (κ3) is 5.54. The molecule has 0 amide bonds. The number of aliphatic hydroxyl groups is 1. The van der Waals surface area contributed by atoms with E-state index in [0.29, 0.717) is 6.54 Å². The second kappa shape index (κ2) is 8.09. The third-order valence-corrected chi connectivity index (χ3v) is 3.93. The fraction of sp³-hybridized carbons (Fsp3) is 0.450. The first kappa shape index (κ1) is 18.9. The van der Waals surface area contributed by atoms with Gasteiger partial charge in [-0.25, -0.2) is 9.97 Å². The van der Waals surface area contributed by atoms with Crippen molar-refractivity contribution in [3.63, 3.8) is 0 Å². The normalized spacial score (nSPS) is 12.5. The van der Waals surface area contributed by atoms with Gasteiger partial charge in [0.05, 0.1) is 0 Å². The Balaban J connectivity index is 2.25. The van der Waals surface area contributed by atoms with Gasteiger partial charge in [0.15, 0.2) is 0 Å². The molecule has 0 saturated carbocycles. The SMILES string of the molecule is CC(CO)c1ccc(CN(CC(C)(C)C)c2ccnc(C#N)n2)cc1. The number of benzene rings is 1. The summed E-state index contributed by atoms with van der Waals surface area (Å²) in [5, 5.41) is 18.3. The first-order valence-electron chi connectivity index (χ1n) is 8.50. The van der Waals surface area contributed by atoms with Crippen LogP contribution < -0.4 is 4.90 Å². The van der Waals surface area contributed by atoms with E-state index in [1.807, 2.05) is 19.1 Å². The van der Waals surface area contributed by atoms with Crippen molar-refractivity contribution in [1.82, 2.24) is 9.97 Å². The molecule has 0 spiro atoms. The topological polar surface area (TPSA) is 73.0 Å². The lowest BCUT2D eigenvalue weighted by Crippen LogP contribution is -2.33. The minimum Gasteiger partial charge on any atom is -0.396 e. The van der Waals surface area contributed by atoms with E-state index in [0.717, 1.165) is 23.5 Å². The van der Waals surface area contributed by atoms with Crippen LogP contribution in [0.2, 0.25) is 0 Å². The van der Waals surface area contributed by atoms with Crippen molar-refractivity contribution in [3.8, 4) is 6.07 Å². The molecule has 0 bridgehead atoms. The summed E-state index contributed by atoms with van der Waals surface area (Å²) in [6.07, 6.45) is 1.63. The molecular weight excluding hydrogens is 312 g/mol. The molecule has 0 aliphatic rings. The Kier molecular flexibility index (Phi) is 6.11. The molecule has 1 N–H and O–H groups in total. The maximum absolute atomic E-state index is 9.28. The van der Waals surface area contributed by atoms with Crippen LogP contribution >= 0.6 is 0 Å². The highest BCUT2D eigenvalue weighted by atomic mass is 16.3. The number of hydrogen-bond acceptors (Lipinski definition) is 5. The van der Waals surface area contributed by atoms with Gasteiger partial charge < -0.3 is 10.0 Å². The van der Waals surface area contributed by atoms with Gasteiger partial charge in [-0.1, -0.05) is 52.0 Å². The maximum atomic E-state index is 9.28. The summed E-state index contributed by atoms with van der Waals surface area (Å²) < 4.78 is 0. The van der Waals surface area contributed by atoms with E-state index < -0.39 is 0 Å². The van der Waals surface area contributed by atoms with Crippen molar-refractivity contribution in [2.24, 2.45) is 5.41 Å². The Labute approximate surface area is 150 Å². The molecule has 0 radical (unpaired) electrons. The van der Waals surface area contributed by atoms with E-state index in [1.54, 1.807) is 6.20 Å². The molecule has 5 nitrogen and oxygen atoms in total. The number of nitrogens with zero attached hydrogens (tertiary/aromatic N) is 4. The summed E-state index contributed by atoms with van der Waals surface area (Å²) in [4.78, 5) is 10.5. The predicted octanol–water partition coefficient (Wildman–Crippen LogP) is 3.50. The number of aliphatic hydroxyl groups excluding tert-OH is 1. The van der Waals surface area contributed by atoms with Crippen LogP contribution in [-0.2, 0) is 6.54 Å². The molecule has 132 valence electrons. The van der Waals surface area contributed by atoms with E-state index in [9.17, 15) is 5.11 Å². The third-order valence-electron chi connectivity index (χ3n) is 3.93. The van der Waals surface area contributed by atoms with E-state index in [1.165, 1.54) is 0 Å². The van der Waals surface area contributed by atoms with Gasteiger partial charge in [0, 0.05) is 31.8 Å². The number of hydrogen-bond donors (Lipinski definition) is 1. The van der Waals surface area contributed by atoms with Crippen molar-refractivity contribution in [1.29, 1.82) is 5.26 Å². The first-order chi connectivity index (χ1) is 11.8. The smallest absolute Gasteiger partial charge is 0.234 e. The van der Waals surface area contributed by atoms with Crippen LogP contribution in [0.3, 0.4) is 0 Å². The average molecular weight is 338 g/mol. The molecule has 5 heteroatoms. The Hall–Kier alpha value is -2.45. The van der Waals surface area contributed by atoms with E-state index in [2.05, 4.69) is 59.9 Å². The van der Waals surface area contributed by atoms with Crippen LogP contribution in [0.5, 0.6) is 0 Å². The number of rotatable bonds is 6. The first-order valence-corrected chi connectivity index (χ1v) is 8.50. The molecule has 1 aromatic heterocycles. The molecular formula is C20H26N4O. The second-order valence-corrected chi connectivity index (χ2v) is 7.59. The van der Waals surface area contributed by atoms with Crippen LogP contribution in [0.25, 0.3) is 0 Å². The summed E-state index contributed by atoms with van der Waals surface area (Å²) in [6, 6.07) is 12.1. The van der Waals surface area contributed by atoms with Crippen LogP contribution in [0.1, 0.15) is 50.6 Å². The molecule has 2 aromatic rings. The summed E-state index contributed by atoms with van der Waals surface area (Å²) in [5.41, 5.74) is 2.38. The molecule has 0 saturated heterocycles. The minimum absolute atomic E-state index is 0.0864. The van der Waals surface area contributed by atoms with Gasteiger partial charge in [0.25, 0.3) is 0 Å². The fourth-order valence-corrected chi connectivity index (χ4v) is 2.65. The molecule has 0 fully saturated rings. The van der Waals surface area contributed by atoms with Gasteiger partial charge in [-0.05, 0) is 22.6 Å². The molecule has 0 aliphatic heterocycles. The molecule has 1 atom stereocenters. The van der Waals surface area contributed by atoms with E-state index >= 15 is 0 Å². The highest BCUT2D eigenvalue weighted by molar-refractivity contribution is 5.41. The Morgan fingerprint density at radius 2 is 1.88 bits per heavy atom. The van der Waals surface area contributed by atoms with Gasteiger partial charge in [0.1, 0.15) is 11.9 Å². The largest absolute Gasteiger partial charge is 0.396 e. The van der Waals surface area contributed by atoms with Crippen molar-refractivity contribution in [2.45, 2.75) is 40.2 Å². The van der Waals surface area contributed by atoms with E-state index in [-0.39, 0.29) is 23.8 Å². The van der Waals surface area contributed by atoms with Crippen molar-refractivity contribution in [2.75, 3.05) is 18.1 Å². The predicted molar refractivity (Wildman–Crippen MR) is 99.2 cm³/mol. The standard InChI is InChI=1S/C20H26N4O/c1-15(13-25)17-7-5-16(6-8-17)12-24(14-20(2,3)4)19-9-10-22-18(11-21)23-19/h5-10,15,25H,12-14H2,1-4H3. The average Bonchev–Trinajstić information content (AvgIpc) is 2.60. The summed E-state index contributed by atoms with van der Waals surface area (Å²) in [6.45, 7) is 10.2. The Morgan fingerprint density at radius 3 is 2.44 bits per heavy atom. The molecule has 2 rings (SSSR count). The van der Waals surface area contributed by atoms with Crippen LogP contribution in [0.15, 0.2) is 36.5 Å². The second-order valence-electron chi connectivity index (χ2n) is 7.59. The molecule has 1 aromatic carbocycles. The summed E-state index contributed by atoms with van der Waals surface area (Å²) in [7, 11) is 0. The molecule has 0 aliphatic carbocycles. The zero-order valence-electron chi connectivity index (χ0n) is 15.4. The van der Waals surface area contributed by atoms with Crippen molar-refractivity contribution >= 4 is 5.82 Å². The van der Waals surface area contributed by atoms with Crippen LogP contribution in [-0.4, -0.2) is 28.2 Å². The minimum atomic E-state index is 0.0864. The van der Waals surface area contributed by atoms with Gasteiger partial charge in [-0.3, -0.25) is 0 Å². The highest BCUT2D eigenvalue weighted by Crippen LogP contribution is 2.23.